The normalized spacial score (nSPS) is 19.6. The van der Waals surface area contributed by atoms with Crippen molar-refractivity contribution in [1.82, 2.24) is 25.1 Å². The summed E-state index contributed by atoms with van der Waals surface area (Å²) in [5.74, 6) is 0.706. The van der Waals surface area contributed by atoms with Gasteiger partial charge in [-0.05, 0) is 30.9 Å². The number of benzene rings is 1. The van der Waals surface area contributed by atoms with Crippen LogP contribution in [0, 0.1) is 5.92 Å². The molecule has 0 radical (unpaired) electrons. The lowest BCUT2D eigenvalue weighted by atomic mass is 9.86. The van der Waals surface area contributed by atoms with E-state index in [-0.39, 0.29) is 23.3 Å². The smallest absolute Gasteiger partial charge is 0.262 e. The van der Waals surface area contributed by atoms with E-state index in [1.165, 1.54) is 24.4 Å². The van der Waals surface area contributed by atoms with Gasteiger partial charge in [-0.25, -0.2) is 9.67 Å². The van der Waals surface area contributed by atoms with Crippen molar-refractivity contribution in [2.45, 2.75) is 43.8 Å². The van der Waals surface area contributed by atoms with Gasteiger partial charge in [-0.3, -0.25) is 9.59 Å². The van der Waals surface area contributed by atoms with Gasteiger partial charge >= 0.3 is 0 Å². The van der Waals surface area contributed by atoms with Crippen LogP contribution < -0.4 is 10.9 Å². The van der Waals surface area contributed by atoms with E-state index in [0.717, 1.165) is 24.9 Å². The van der Waals surface area contributed by atoms with Crippen molar-refractivity contribution in [3.63, 3.8) is 0 Å². The molecule has 2 N–H and O–H groups in total. The molecule has 1 aromatic carbocycles. The second-order valence-corrected chi connectivity index (χ2v) is 8.19. The molecule has 2 atom stereocenters. The molecule has 4 rings (SSSR count). The number of aromatic amines is 1. The zero-order chi connectivity index (χ0) is 19.5. The molecule has 3 aromatic rings. The molecule has 28 heavy (non-hydrogen) atoms. The summed E-state index contributed by atoms with van der Waals surface area (Å²) in [6, 6.07) is 9.78. The van der Waals surface area contributed by atoms with E-state index in [4.69, 9.17) is 0 Å². The van der Waals surface area contributed by atoms with Crippen LogP contribution in [0.5, 0.6) is 0 Å². The number of amides is 1. The summed E-state index contributed by atoms with van der Waals surface area (Å²) in [5, 5.41) is 8.26. The fourth-order valence-corrected chi connectivity index (χ4v) is 4.30. The Labute approximate surface area is 166 Å². The summed E-state index contributed by atoms with van der Waals surface area (Å²) >= 11 is 1.23. The van der Waals surface area contributed by atoms with E-state index in [9.17, 15) is 9.59 Å². The van der Waals surface area contributed by atoms with Crippen LogP contribution in [-0.2, 0) is 4.79 Å². The predicted molar refractivity (Wildman–Crippen MR) is 110 cm³/mol. The Hall–Kier alpha value is -2.61. The first-order valence-corrected chi connectivity index (χ1v) is 10.6. The predicted octanol–water partition coefficient (Wildman–Crippen LogP) is 2.90. The Bertz CT molecular complexity index is 1030. The lowest BCUT2D eigenvalue weighted by Crippen LogP contribution is -2.41. The van der Waals surface area contributed by atoms with Gasteiger partial charge in [0.05, 0.1) is 17.6 Å². The van der Waals surface area contributed by atoms with Gasteiger partial charge in [0.25, 0.3) is 5.56 Å². The molecule has 146 valence electrons. The molecule has 0 unspecified atom stereocenters. The first-order valence-electron chi connectivity index (χ1n) is 9.57. The number of carbonyl (C=O) groups is 1. The average Bonchev–Trinajstić information content (AvgIpc) is 3.13. The largest absolute Gasteiger partial charge is 0.352 e. The maximum atomic E-state index is 12.4. The summed E-state index contributed by atoms with van der Waals surface area (Å²) in [6.45, 7) is 2.19. The zero-order valence-electron chi connectivity index (χ0n) is 15.7. The highest BCUT2D eigenvalue weighted by atomic mass is 32.2. The van der Waals surface area contributed by atoms with Gasteiger partial charge in [-0.15, -0.1) is 0 Å². The zero-order valence-corrected chi connectivity index (χ0v) is 16.5. The number of carbonyl (C=O) groups excluding carboxylic acids is 1. The molecule has 0 bridgehead atoms. The second kappa shape index (κ2) is 8.18. The Morgan fingerprint density at radius 1 is 1.29 bits per heavy atom. The van der Waals surface area contributed by atoms with E-state index in [1.807, 2.05) is 30.3 Å². The fraction of sp³-hybridized carbons (Fsp3) is 0.400. The van der Waals surface area contributed by atoms with E-state index in [1.54, 1.807) is 4.68 Å². The van der Waals surface area contributed by atoms with E-state index in [0.29, 0.717) is 22.1 Å². The van der Waals surface area contributed by atoms with Crippen molar-refractivity contribution >= 4 is 28.7 Å². The van der Waals surface area contributed by atoms with Crippen LogP contribution in [0.15, 0.2) is 46.5 Å². The number of nitrogens with zero attached hydrogens (tertiary/aromatic N) is 3. The molecule has 0 saturated heterocycles. The molecule has 2 heterocycles. The Kier molecular flexibility index (Phi) is 5.47. The maximum absolute atomic E-state index is 12.4. The van der Waals surface area contributed by atoms with Crippen LogP contribution in [0.4, 0.5) is 0 Å². The number of aromatic nitrogens is 4. The number of hydrogen-bond acceptors (Lipinski definition) is 5. The van der Waals surface area contributed by atoms with Crippen molar-refractivity contribution in [3.8, 4) is 5.69 Å². The highest BCUT2D eigenvalue weighted by Crippen LogP contribution is 2.24. The topological polar surface area (TPSA) is 92.7 Å². The Balaban J connectivity index is 1.50. The lowest BCUT2D eigenvalue weighted by molar-refractivity contribution is -0.119. The van der Waals surface area contributed by atoms with E-state index >= 15 is 0 Å². The van der Waals surface area contributed by atoms with Crippen LogP contribution in [-0.4, -0.2) is 37.5 Å². The van der Waals surface area contributed by atoms with Gasteiger partial charge in [0.1, 0.15) is 5.39 Å². The number of H-pyrrole nitrogens is 1. The van der Waals surface area contributed by atoms with Crippen molar-refractivity contribution in [2.75, 3.05) is 5.75 Å². The van der Waals surface area contributed by atoms with Crippen molar-refractivity contribution in [3.05, 3.63) is 46.9 Å². The minimum Gasteiger partial charge on any atom is -0.352 e. The number of para-hydroxylation sites is 1. The Morgan fingerprint density at radius 2 is 2.07 bits per heavy atom. The second-order valence-electron chi connectivity index (χ2n) is 7.22. The highest BCUT2D eigenvalue weighted by molar-refractivity contribution is 7.99. The SMILES string of the molecule is C[C@@H]1CCCC[C@@H]1NC(=O)CSc1nc2c(cnn2-c2ccccc2)c(=O)[nH]1. The number of thioether (sulfide) groups is 1. The van der Waals surface area contributed by atoms with Crippen LogP contribution in [0.3, 0.4) is 0 Å². The van der Waals surface area contributed by atoms with Gasteiger partial charge in [0.2, 0.25) is 5.91 Å². The molecule has 0 spiro atoms. The summed E-state index contributed by atoms with van der Waals surface area (Å²) in [5.41, 5.74) is 1.06. The number of hydrogen-bond donors (Lipinski definition) is 2. The molecular weight excluding hydrogens is 374 g/mol. The number of nitrogens with one attached hydrogen (secondary N) is 2. The van der Waals surface area contributed by atoms with E-state index < -0.39 is 0 Å². The molecule has 0 aliphatic heterocycles. The Morgan fingerprint density at radius 3 is 2.86 bits per heavy atom. The summed E-state index contributed by atoms with van der Waals surface area (Å²) in [7, 11) is 0. The molecular formula is C20H23N5O2S. The van der Waals surface area contributed by atoms with Crippen LogP contribution in [0.25, 0.3) is 16.7 Å². The summed E-state index contributed by atoms with van der Waals surface area (Å²) in [4.78, 5) is 32.0. The maximum Gasteiger partial charge on any atom is 0.262 e. The minimum atomic E-state index is -0.254. The molecule has 2 aromatic heterocycles. The molecule has 1 saturated carbocycles. The van der Waals surface area contributed by atoms with Gasteiger partial charge in [-0.2, -0.15) is 5.10 Å². The van der Waals surface area contributed by atoms with Crippen LogP contribution in [0.1, 0.15) is 32.6 Å². The molecule has 1 aliphatic carbocycles. The molecule has 7 nitrogen and oxygen atoms in total. The highest BCUT2D eigenvalue weighted by Gasteiger charge is 2.23. The molecule has 8 heteroatoms. The summed E-state index contributed by atoms with van der Waals surface area (Å²) < 4.78 is 1.64. The fourth-order valence-electron chi connectivity index (χ4n) is 3.64. The van der Waals surface area contributed by atoms with Gasteiger partial charge < -0.3 is 10.3 Å². The third kappa shape index (κ3) is 3.96. The van der Waals surface area contributed by atoms with Gasteiger partial charge in [-0.1, -0.05) is 49.7 Å². The van der Waals surface area contributed by atoms with Crippen molar-refractivity contribution in [1.29, 1.82) is 0 Å². The van der Waals surface area contributed by atoms with Crippen LogP contribution in [0.2, 0.25) is 0 Å². The third-order valence-electron chi connectivity index (χ3n) is 5.21. The third-order valence-corrected chi connectivity index (χ3v) is 6.09. The average molecular weight is 398 g/mol. The molecule has 1 aliphatic rings. The quantitative estimate of drug-likeness (QED) is 0.510. The number of rotatable bonds is 5. The lowest BCUT2D eigenvalue weighted by Gasteiger charge is -2.29. The van der Waals surface area contributed by atoms with Crippen LogP contribution >= 0.6 is 11.8 Å². The first kappa shape index (κ1) is 18.7. The standard InChI is InChI=1S/C20H23N5O2S/c1-13-7-5-6-10-16(13)22-17(26)12-28-20-23-18-15(19(27)24-20)11-21-25(18)14-8-3-2-4-9-14/h2-4,8-9,11,13,16H,5-7,10,12H2,1H3,(H,22,26)(H,23,24,27)/t13-,16+/m1/s1. The monoisotopic (exact) mass is 397 g/mol. The van der Waals surface area contributed by atoms with Crippen molar-refractivity contribution in [2.24, 2.45) is 5.92 Å². The molecule has 1 amide bonds. The van der Waals surface area contributed by atoms with Crippen molar-refractivity contribution < 1.29 is 4.79 Å². The van der Waals surface area contributed by atoms with E-state index in [2.05, 4.69) is 27.3 Å². The number of fused-ring (bicyclic) bond motifs is 1. The summed E-state index contributed by atoms with van der Waals surface area (Å²) in [6.07, 6.45) is 6.11. The first-order chi connectivity index (χ1) is 13.6. The van der Waals surface area contributed by atoms with Gasteiger partial charge in [0, 0.05) is 6.04 Å². The molecule has 1 fully saturated rings. The van der Waals surface area contributed by atoms with Gasteiger partial charge in [0.15, 0.2) is 10.8 Å². The minimum absolute atomic E-state index is 0.0249.